The maximum Gasteiger partial charge on any atom is 0.251 e. The smallest absolute Gasteiger partial charge is 0.251 e. The van der Waals surface area contributed by atoms with Crippen LogP contribution in [0.1, 0.15) is 30.1 Å². The quantitative estimate of drug-likeness (QED) is 0.605. The van der Waals surface area contributed by atoms with E-state index in [1.165, 1.54) is 0 Å². The Morgan fingerprint density at radius 3 is 2.66 bits per heavy atom. The zero-order valence-electron chi connectivity index (χ0n) is 16.6. The van der Waals surface area contributed by atoms with Crippen molar-refractivity contribution in [3.63, 3.8) is 0 Å². The minimum atomic E-state index is -0.188. The standard InChI is InChI=1S/C22H27N3O4/c1-2-28-20-8-4-3-7-19(20)23-15-21(26)25-17-11-9-16(10-12-17)22(27)24-14-18-6-5-13-29-18/h3-4,7-12,18,23H,2,5-6,13-15H2,1H3,(H,24,27)(H,25,26). The van der Waals surface area contributed by atoms with Gasteiger partial charge in [0, 0.05) is 24.4 Å². The Balaban J connectivity index is 1.46. The van der Waals surface area contributed by atoms with E-state index in [1.54, 1.807) is 24.3 Å². The van der Waals surface area contributed by atoms with Crippen molar-refractivity contribution in [1.29, 1.82) is 0 Å². The van der Waals surface area contributed by atoms with Crippen LogP contribution < -0.4 is 20.7 Å². The number of ether oxygens (including phenoxy) is 2. The first-order valence-corrected chi connectivity index (χ1v) is 9.91. The van der Waals surface area contributed by atoms with Crippen LogP contribution in [0.25, 0.3) is 0 Å². The van der Waals surface area contributed by atoms with Gasteiger partial charge in [0.25, 0.3) is 5.91 Å². The summed E-state index contributed by atoms with van der Waals surface area (Å²) >= 11 is 0. The van der Waals surface area contributed by atoms with Gasteiger partial charge in [-0.05, 0) is 56.2 Å². The Morgan fingerprint density at radius 1 is 1.14 bits per heavy atom. The van der Waals surface area contributed by atoms with E-state index in [1.807, 2.05) is 31.2 Å². The van der Waals surface area contributed by atoms with Crippen molar-refractivity contribution in [2.24, 2.45) is 0 Å². The van der Waals surface area contributed by atoms with Crippen LogP contribution in [0.5, 0.6) is 5.75 Å². The lowest BCUT2D eigenvalue weighted by molar-refractivity contribution is -0.114. The summed E-state index contributed by atoms with van der Waals surface area (Å²) in [7, 11) is 0. The average molecular weight is 397 g/mol. The molecule has 0 bridgehead atoms. The van der Waals surface area contributed by atoms with Gasteiger partial charge in [-0.3, -0.25) is 9.59 Å². The molecule has 0 radical (unpaired) electrons. The van der Waals surface area contributed by atoms with Crippen LogP contribution in [0.3, 0.4) is 0 Å². The van der Waals surface area contributed by atoms with Gasteiger partial charge in [0.1, 0.15) is 5.75 Å². The SMILES string of the molecule is CCOc1ccccc1NCC(=O)Nc1ccc(C(=O)NCC2CCCO2)cc1. The fourth-order valence-corrected chi connectivity index (χ4v) is 3.09. The number of carbonyl (C=O) groups excluding carboxylic acids is 2. The molecule has 1 heterocycles. The second kappa shape index (κ2) is 10.5. The summed E-state index contributed by atoms with van der Waals surface area (Å²) in [4.78, 5) is 24.4. The monoisotopic (exact) mass is 397 g/mol. The highest BCUT2D eigenvalue weighted by atomic mass is 16.5. The van der Waals surface area contributed by atoms with E-state index in [4.69, 9.17) is 9.47 Å². The molecule has 7 heteroatoms. The van der Waals surface area contributed by atoms with Crippen molar-refractivity contribution in [3.8, 4) is 5.75 Å². The van der Waals surface area contributed by atoms with Gasteiger partial charge >= 0.3 is 0 Å². The number of hydrogen-bond acceptors (Lipinski definition) is 5. The van der Waals surface area contributed by atoms with Gasteiger partial charge in [-0.2, -0.15) is 0 Å². The van der Waals surface area contributed by atoms with E-state index in [0.29, 0.717) is 30.2 Å². The molecule has 2 aromatic carbocycles. The van der Waals surface area contributed by atoms with Crippen LogP contribution in [0.2, 0.25) is 0 Å². The molecular formula is C22H27N3O4. The molecular weight excluding hydrogens is 370 g/mol. The highest BCUT2D eigenvalue weighted by Crippen LogP contribution is 2.23. The molecule has 0 spiro atoms. The number of nitrogens with one attached hydrogen (secondary N) is 3. The number of hydrogen-bond donors (Lipinski definition) is 3. The summed E-state index contributed by atoms with van der Waals surface area (Å²) in [6.07, 6.45) is 2.13. The van der Waals surface area contributed by atoms with E-state index in [0.717, 1.165) is 25.1 Å². The van der Waals surface area contributed by atoms with Gasteiger partial charge in [-0.15, -0.1) is 0 Å². The third-order valence-corrected chi connectivity index (χ3v) is 4.57. The number of carbonyl (C=O) groups is 2. The van der Waals surface area contributed by atoms with Gasteiger partial charge < -0.3 is 25.4 Å². The Hall–Kier alpha value is -3.06. The minimum absolute atomic E-state index is 0.105. The molecule has 1 atom stereocenters. The minimum Gasteiger partial charge on any atom is -0.492 e. The van der Waals surface area contributed by atoms with Crippen LogP contribution in [0.4, 0.5) is 11.4 Å². The van der Waals surface area contributed by atoms with Crippen molar-refractivity contribution in [2.45, 2.75) is 25.9 Å². The van der Waals surface area contributed by atoms with Gasteiger partial charge in [-0.1, -0.05) is 12.1 Å². The molecule has 3 N–H and O–H groups in total. The number of benzene rings is 2. The summed E-state index contributed by atoms with van der Waals surface area (Å²) in [6.45, 7) is 3.86. The summed E-state index contributed by atoms with van der Waals surface area (Å²) in [6, 6.07) is 14.3. The molecule has 1 saturated heterocycles. The van der Waals surface area contributed by atoms with E-state index < -0.39 is 0 Å². The first kappa shape index (κ1) is 20.7. The largest absolute Gasteiger partial charge is 0.492 e. The average Bonchev–Trinajstić information content (AvgIpc) is 3.26. The topological polar surface area (TPSA) is 88.7 Å². The predicted molar refractivity (Wildman–Crippen MR) is 112 cm³/mol. The lowest BCUT2D eigenvalue weighted by atomic mass is 10.2. The molecule has 154 valence electrons. The molecule has 1 aliphatic heterocycles. The van der Waals surface area contributed by atoms with Gasteiger partial charge in [-0.25, -0.2) is 0 Å². The van der Waals surface area contributed by atoms with Crippen molar-refractivity contribution >= 4 is 23.2 Å². The lowest BCUT2D eigenvalue weighted by Gasteiger charge is -2.13. The van der Waals surface area contributed by atoms with Gasteiger partial charge in [0.15, 0.2) is 0 Å². The fourth-order valence-electron chi connectivity index (χ4n) is 3.09. The van der Waals surface area contributed by atoms with Crippen LogP contribution in [-0.2, 0) is 9.53 Å². The summed E-state index contributed by atoms with van der Waals surface area (Å²) in [5, 5.41) is 8.77. The highest BCUT2D eigenvalue weighted by Gasteiger charge is 2.16. The molecule has 1 unspecified atom stereocenters. The van der Waals surface area contributed by atoms with Gasteiger partial charge in [0.05, 0.1) is 24.9 Å². The molecule has 29 heavy (non-hydrogen) atoms. The normalized spacial score (nSPS) is 15.6. The maximum absolute atomic E-state index is 12.2. The number of anilines is 2. The fraction of sp³-hybridized carbons (Fsp3) is 0.364. The molecule has 1 fully saturated rings. The van der Waals surface area contributed by atoms with E-state index in [9.17, 15) is 9.59 Å². The molecule has 0 aromatic heterocycles. The first-order chi connectivity index (χ1) is 14.2. The van der Waals surface area contributed by atoms with Gasteiger partial charge in [0.2, 0.25) is 5.91 Å². The third kappa shape index (κ3) is 6.22. The number of rotatable bonds is 9. The van der Waals surface area contributed by atoms with Crippen LogP contribution in [0.15, 0.2) is 48.5 Å². The van der Waals surface area contributed by atoms with Crippen molar-refractivity contribution < 1.29 is 19.1 Å². The second-order valence-electron chi connectivity index (χ2n) is 6.75. The molecule has 0 aliphatic carbocycles. The molecule has 2 amide bonds. The summed E-state index contributed by atoms with van der Waals surface area (Å²) < 4.78 is 11.0. The zero-order valence-corrected chi connectivity index (χ0v) is 16.6. The molecule has 3 rings (SSSR count). The van der Waals surface area contributed by atoms with Crippen LogP contribution in [-0.4, -0.2) is 44.2 Å². The Morgan fingerprint density at radius 2 is 1.93 bits per heavy atom. The van der Waals surface area contributed by atoms with Crippen molar-refractivity contribution in [3.05, 3.63) is 54.1 Å². The van der Waals surface area contributed by atoms with Crippen LogP contribution >= 0.6 is 0 Å². The Bertz CT molecular complexity index is 817. The van der Waals surface area contributed by atoms with E-state index in [-0.39, 0.29) is 24.5 Å². The maximum atomic E-state index is 12.2. The van der Waals surface area contributed by atoms with Crippen molar-refractivity contribution in [1.82, 2.24) is 5.32 Å². The predicted octanol–water partition coefficient (Wildman–Crippen LogP) is 3.04. The first-order valence-electron chi connectivity index (χ1n) is 9.91. The number of para-hydroxylation sites is 2. The number of amides is 2. The molecule has 2 aromatic rings. The molecule has 0 saturated carbocycles. The second-order valence-corrected chi connectivity index (χ2v) is 6.75. The summed E-state index contributed by atoms with van der Waals surface area (Å²) in [5.74, 6) is 0.376. The third-order valence-electron chi connectivity index (χ3n) is 4.57. The Labute approximate surface area is 170 Å². The zero-order chi connectivity index (χ0) is 20.5. The molecule has 1 aliphatic rings. The molecule has 7 nitrogen and oxygen atoms in total. The highest BCUT2D eigenvalue weighted by molar-refractivity contribution is 5.96. The van der Waals surface area contributed by atoms with E-state index >= 15 is 0 Å². The summed E-state index contributed by atoms with van der Waals surface area (Å²) in [5.41, 5.74) is 1.94. The van der Waals surface area contributed by atoms with Crippen molar-refractivity contribution in [2.75, 3.05) is 36.9 Å². The van der Waals surface area contributed by atoms with Crippen LogP contribution in [0, 0.1) is 0 Å². The van der Waals surface area contributed by atoms with E-state index in [2.05, 4.69) is 16.0 Å². The Kier molecular flexibility index (Phi) is 7.47. The lowest BCUT2D eigenvalue weighted by Crippen LogP contribution is -2.31.